The molecule has 0 radical (unpaired) electrons. The predicted octanol–water partition coefficient (Wildman–Crippen LogP) is 2.74. The van der Waals surface area contributed by atoms with Crippen LogP contribution in [0.5, 0.6) is 0 Å². The van der Waals surface area contributed by atoms with Crippen molar-refractivity contribution in [2.45, 2.75) is 84.2 Å². The monoisotopic (exact) mass is 378 g/mol. The van der Waals surface area contributed by atoms with Crippen molar-refractivity contribution in [2.24, 2.45) is 22.2 Å². The van der Waals surface area contributed by atoms with E-state index in [1.165, 1.54) is 6.92 Å². The summed E-state index contributed by atoms with van der Waals surface area (Å²) in [6.07, 6.45) is 3.48. The second-order valence-electron chi connectivity index (χ2n) is 9.97. The number of hydrogen-bond acceptors (Lipinski definition) is 5. The highest BCUT2D eigenvalue weighted by Crippen LogP contribution is 2.65. The Morgan fingerprint density at radius 3 is 2.41 bits per heavy atom. The highest BCUT2D eigenvalue weighted by atomic mass is 16.5. The summed E-state index contributed by atoms with van der Waals surface area (Å²) in [5, 5.41) is 34.2. The first-order chi connectivity index (χ1) is 12.3. The van der Waals surface area contributed by atoms with Gasteiger partial charge < -0.3 is 20.1 Å². The summed E-state index contributed by atoms with van der Waals surface area (Å²) in [5.41, 5.74) is -2.61. The van der Waals surface area contributed by atoms with Crippen LogP contribution in [0, 0.1) is 22.2 Å². The molecule has 3 aliphatic carbocycles. The lowest BCUT2D eigenvalue weighted by molar-refractivity contribution is -0.244. The van der Waals surface area contributed by atoms with Crippen LogP contribution < -0.4 is 0 Å². The van der Waals surface area contributed by atoms with Crippen LogP contribution >= 0.6 is 0 Å². The van der Waals surface area contributed by atoms with Gasteiger partial charge in [-0.1, -0.05) is 39.8 Å². The summed E-state index contributed by atoms with van der Waals surface area (Å²) in [5.74, 6) is -0.682. The van der Waals surface area contributed by atoms with E-state index in [2.05, 4.69) is 20.4 Å². The maximum atomic E-state index is 12.0. The highest BCUT2D eigenvalue weighted by Gasteiger charge is 2.69. The van der Waals surface area contributed by atoms with Gasteiger partial charge >= 0.3 is 5.97 Å². The minimum atomic E-state index is -1.35. The third-order valence-electron chi connectivity index (χ3n) is 7.99. The Labute approximate surface area is 162 Å². The van der Waals surface area contributed by atoms with Gasteiger partial charge in [0.05, 0.1) is 17.8 Å². The van der Waals surface area contributed by atoms with Crippen molar-refractivity contribution in [1.29, 1.82) is 0 Å². The molecule has 0 saturated heterocycles. The summed E-state index contributed by atoms with van der Waals surface area (Å²) in [6, 6.07) is 0. The zero-order valence-corrected chi connectivity index (χ0v) is 17.2. The molecule has 0 aliphatic heterocycles. The van der Waals surface area contributed by atoms with Crippen molar-refractivity contribution in [3.05, 3.63) is 24.3 Å². The minimum Gasteiger partial charge on any atom is -0.462 e. The number of ether oxygens (including phenoxy) is 1. The predicted molar refractivity (Wildman–Crippen MR) is 103 cm³/mol. The van der Waals surface area contributed by atoms with Crippen molar-refractivity contribution in [2.75, 3.05) is 0 Å². The Hall–Kier alpha value is -1.17. The number of aliphatic hydroxyl groups excluding tert-OH is 2. The summed E-state index contributed by atoms with van der Waals surface area (Å²) >= 11 is 0. The maximum Gasteiger partial charge on any atom is 0.302 e. The molecule has 5 heteroatoms. The molecule has 3 N–H and O–H groups in total. The molecule has 0 unspecified atom stereocenters. The molecule has 27 heavy (non-hydrogen) atoms. The van der Waals surface area contributed by atoms with Gasteiger partial charge in [0.1, 0.15) is 6.10 Å². The summed E-state index contributed by atoms with van der Waals surface area (Å²) in [6.45, 7) is 13.3. The molecule has 0 amide bonds. The van der Waals surface area contributed by atoms with Crippen molar-refractivity contribution in [3.63, 3.8) is 0 Å². The molecular formula is C22H34O5. The van der Waals surface area contributed by atoms with E-state index in [-0.39, 0.29) is 17.3 Å². The quantitative estimate of drug-likeness (QED) is 0.508. The lowest BCUT2D eigenvalue weighted by atomic mass is 9.42. The van der Waals surface area contributed by atoms with Gasteiger partial charge in [-0.2, -0.15) is 0 Å². The Morgan fingerprint density at radius 2 is 1.85 bits per heavy atom. The fraction of sp³-hybridized carbons (Fsp3) is 0.773. The van der Waals surface area contributed by atoms with E-state index in [9.17, 15) is 20.1 Å². The van der Waals surface area contributed by atoms with Crippen molar-refractivity contribution >= 4 is 5.97 Å². The molecule has 152 valence electrons. The number of carbonyl (C=O) groups excluding carboxylic acids is 1. The van der Waals surface area contributed by atoms with Crippen LogP contribution in [-0.2, 0) is 9.53 Å². The molecular weight excluding hydrogens is 344 g/mol. The molecule has 3 rings (SSSR count). The average molecular weight is 379 g/mol. The summed E-state index contributed by atoms with van der Waals surface area (Å²) in [7, 11) is 0. The zero-order valence-electron chi connectivity index (χ0n) is 17.2. The van der Waals surface area contributed by atoms with Crippen molar-refractivity contribution in [3.8, 4) is 0 Å². The minimum absolute atomic E-state index is 0.243. The number of aliphatic hydroxyl groups is 3. The van der Waals surface area contributed by atoms with Crippen LogP contribution in [-0.4, -0.2) is 45.2 Å². The van der Waals surface area contributed by atoms with Crippen LogP contribution in [0.15, 0.2) is 24.3 Å². The van der Waals surface area contributed by atoms with E-state index in [4.69, 9.17) is 4.74 Å². The number of fused-ring (bicyclic) bond motifs is 3. The Bertz CT molecular complexity index is 682. The Kier molecular flexibility index (Phi) is 4.69. The fourth-order valence-electron chi connectivity index (χ4n) is 6.31. The van der Waals surface area contributed by atoms with Crippen LogP contribution in [0.3, 0.4) is 0 Å². The van der Waals surface area contributed by atoms with Crippen LogP contribution in [0.1, 0.15) is 60.3 Å². The van der Waals surface area contributed by atoms with Gasteiger partial charge in [0.2, 0.25) is 0 Å². The Morgan fingerprint density at radius 1 is 1.22 bits per heavy atom. The SMILES string of the molecule is C=C[C@@]1(C)CC[C@@]2(O)C(=C[C@H](O)[C@H]3C(C)(C)CC[C@@H](OC(C)=O)[C@@]32C)[C@H]1O. The van der Waals surface area contributed by atoms with E-state index in [0.717, 1.165) is 6.42 Å². The van der Waals surface area contributed by atoms with E-state index in [0.29, 0.717) is 24.8 Å². The van der Waals surface area contributed by atoms with Crippen LogP contribution in [0.4, 0.5) is 0 Å². The molecule has 0 aromatic rings. The van der Waals surface area contributed by atoms with Gasteiger partial charge in [0, 0.05) is 23.7 Å². The third-order valence-corrected chi connectivity index (χ3v) is 7.99. The molecule has 3 aliphatic rings. The van der Waals surface area contributed by atoms with E-state index < -0.39 is 34.7 Å². The third kappa shape index (κ3) is 2.65. The maximum absolute atomic E-state index is 12.0. The zero-order chi connectivity index (χ0) is 20.4. The topological polar surface area (TPSA) is 87.0 Å². The molecule has 0 bridgehead atoms. The molecule has 7 atom stereocenters. The molecule has 0 aromatic carbocycles. The number of rotatable bonds is 2. The first-order valence-electron chi connectivity index (χ1n) is 9.95. The van der Waals surface area contributed by atoms with Gasteiger partial charge in [-0.05, 0) is 36.7 Å². The van der Waals surface area contributed by atoms with E-state index in [1.807, 2.05) is 13.8 Å². The standard InChI is InChI=1S/C22H34O5/c1-7-20(5)10-11-22(26)14(18(20)25)12-15(24)17-19(3,4)9-8-16(21(17,22)6)27-13(2)23/h7,12,15-18,24-26H,1,8-11H2,2-6H3/t15-,16+,17-,18+,20-,21-,22+/m0/s1. The molecule has 2 saturated carbocycles. The first-order valence-corrected chi connectivity index (χ1v) is 9.95. The number of carbonyl (C=O) groups is 1. The van der Waals surface area contributed by atoms with Crippen LogP contribution in [0.2, 0.25) is 0 Å². The van der Waals surface area contributed by atoms with Gasteiger partial charge in [0.25, 0.3) is 0 Å². The molecule has 0 heterocycles. The largest absolute Gasteiger partial charge is 0.462 e. The fourth-order valence-corrected chi connectivity index (χ4v) is 6.31. The lowest BCUT2D eigenvalue weighted by Crippen LogP contribution is -2.71. The normalized spacial score (nSPS) is 48.7. The summed E-state index contributed by atoms with van der Waals surface area (Å²) < 4.78 is 5.69. The van der Waals surface area contributed by atoms with Gasteiger partial charge in [-0.3, -0.25) is 4.79 Å². The second-order valence-corrected chi connectivity index (χ2v) is 9.97. The van der Waals surface area contributed by atoms with Crippen molar-refractivity contribution < 1.29 is 24.9 Å². The smallest absolute Gasteiger partial charge is 0.302 e. The number of esters is 1. The van der Waals surface area contributed by atoms with Gasteiger partial charge in [-0.15, -0.1) is 6.58 Å². The van der Waals surface area contributed by atoms with E-state index in [1.54, 1.807) is 12.2 Å². The molecule has 5 nitrogen and oxygen atoms in total. The molecule has 2 fully saturated rings. The first kappa shape index (κ1) is 20.6. The number of hydrogen-bond donors (Lipinski definition) is 3. The lowest BCUT2D eigenvalue weighted by Gasteiger charge is -2.66. The average Bonchev–Trinajstić information content (AvgIpc) is 2.56. The second kappa shape index (κ2) is 6.16. The van der Waals surface area contributed by atoms with E-state index >= 15 is 0 Å². The van der Waals surface area contributed by atoms with Gasteiger partial charge in [-0.25, -0.2) is 0 Å². The van der Waals surface area contributed by atoms with Crippen molar-refractivity contribution in [1.82, 2.24) is 0 Å². The highest BCUT2D eigenvalue weighted by molar-refractivity contribution is 5.66. The van der Waals surface area contributed by atoms with Crippen LogP contribution in [0.25, 0.3) is 0 Å². The van der Waals surface area contributed by atoms with Gasteiger partial charge in [0.15, 0.2) is 0 Å². The molecule has 0 aromatic heterocycles. The Balaban J connectivity index is 2.20. The molecule has 0 spiro atoms. The summed E-state index contributed by atoms with van der Waals surface area (Å²) in [4.78, 5) is 11.8.